The van der Waals surface area contributed by atoms with Gasteiger partial charge in [-0.3, -0.25) is 4.90 Å². The van der Waals surface area contributed by atoms with Gasteiger partial charge in [0.1, 0.15) is 4.21 Å². The maximum Gasteiger partial charge on any atom is 0.336 e. The Morgan fingerprint density at radius 3 is 2.46 bits per heavy atom. The van der Waals surface area contributed by atoms with Crippen LogP contribution in [0, 0.1) is 11.8 Å². The summed E-state index contributed by atoms with van der Waals surface area (Å²) in [5, 5.41) is 10.3. The van der Waals surface area contributed by atoms with Crippen molar-refractivity contribution in [2.24, 2.45) is 11.8 Å². The molecule has 1 aliphatic heterocycles. The lowest BCUT2D eigenvalue weighted by atomic mass is 9.88. The SMILES string of the molecule is CC1CC(C)CN(C(C)(C)CNS(=O)(=O)c2cc(C(=O)O)cs2)C1. The maximum absolute atomic E-state index is 12.4. The van der Waals surface area contributed by atoms with Gasteiger partial charge in [-0.15, -0.1) is 11.3 Å². The first-order valence-electron chi connectivity index (χ1n) is 8.08. The molecule has 1 saturated heterocycles. The number of nitrogens with one attached hydrogen (secondary N) is 1. The fourth-order valence-electron chi connectivity index (χ4n) is 3.18. The summed E-state index contributed by atoms with van der Waals surface area (Å²) < 4.78 is 27.5. The van der Waals surface area contributed by atoms with Crippen molar-refractivity contribution in [3.63, 3.8) is 0 Å². The molecule has 1 aromatic rings. The first kappa shape index (κ1) is 19.4. The molecule has 2 atom stereocenters. The number of carboxylic acid groups (broad SMARTS) is 1. The molecule has 2 unspecified atom stereocenters. The molecule has 0 amide bonds. The van der Waals surface area contributed by atoms with Crippen LogP contribution >= 0.6 is 11.3 Å². The van der Waals surface area contributed by atoms with Gasteiger partial charge in [-0.05, 0) is 38.2 Å². The molecule has 1 fully saturated rings. The minimum atomic E-state index is -3.69. The van der Waals surface area contributed by atoms with E-state index in [4.69, 9.17) is 5.11 Å². The second kappa shape index (κ2) is 7.11. The van der Waals surface area contributed by atoms with E-state index in [0.717, 1.165) is 24.4 Å². The van der Waals surface area contributed by atoms with Crippen molar-refractivity contribution < 1.29 is 18.3 Å². The van der Waals surface area contributed by atoms with Gasteiger partial charge in [0.05, 0.1) is 5.56 Å². The molecule has 8 heteroatoms. The van der Waals surface area contributed by atoms with E-state index in [2.05, 4.69) is 23.5 Å². The Morgan fingerprint density at radius 1 is 1.38 bits per heavy atom. The third-order valence-electron chi connectivity index (χ3n) is 4.51. The number of rotatable bonds is 6. The lowest BCUT2D eigenvalue weighted by Gasteiger charge is -2.45. The Hall–Kier alpha value is -0.960. The fraction of sp³-hybridized carbons (Fsp3) is 0.688. The molecule has 136 valence electrons. The number of hydrogen-bond acceptors (Lipinski definition) is 5. The van der Waals surface area contributed by atoms with E-state index < -0.39 is 16.0 Å². The molecule has 0 aliphatic carbocycles. The van der Waals surface area contributed by atoms with Crippen molar-refractivity contribution in [2.45, 2.75) is 43.9 Å². The molecule has 2 N–H and O–H groups in total. The Labute approximate surface area is 147 Å². The molecule has 6 nitrogen and oxygen atoms in total. The Kier molecular flexibility index (Phi) is 5.74. The summed E-state index contributed by atoms with van der Waals surface area (Å²) in [6.45, 7) is 10.7. The molecule has 24 heavy (non-hydrogen) atoms. The zero-order valence-electron chi connectivity index (χ0n) is 14.6. The summed E-state index contributed by atoms with van der Waals surface area (Å²) in [7, 11) is -3.69. The fourth-order valence-corrected chi connectivity index (χ4v) is 5.58. The highest BCUT2D eigenvalue weighted by molar-refractivity contribution is 7.91. The molecule has 0 saturated carbocycles. The third kappa shape index (κ3) is 4.56. The molecular weight excluding hydrogens is 348 g/mol. The van der Waals surface area contributed by atoms with Gasteiger partial charge in [0.15, 0.2) is 0 Å². The zero-order valence-corrected chi connectivity index (χ0v) is 16.2. The molecule has 0 radical (unpaired) electrons. The maximum atomic E-state index is 12.4. The summed E-state index contributed by atoms with van der Waals surface area (Å²) in [6, 6.07) is 1.20. The summed E-state index contributed by atoms with van der Waals surface area (Å²) in [5.41, 5.74) is -0.304. The second-order valence-electron chi connectivity index (χ2n) is 7.45. The lowest BCUT2D eigenvalue weighted by molar-refractivity contribution is 0.0489. The third-order valence-corrected chi connectivity index (χ3v) is 7.35. The highest BCUT2D eigenvalue weighted by atomic mass is 32.2. The molecular formula is C16H26N2O4S2. The van der Waals surface area contributed by atoms with Crippen molar-refractivity contribution in [1.82, 2.24) is 9.62 Å². The summed E-state index contributed by atoms with van der Waals surface area (Å²) in [4.78, 5) is 13.2. The average molecular weight is 375 g/mol. The minimum absolute atomic E-state index is 0.00156. The Balaban J connectivity index is 2.05. The van der Waals surface area contributed by atoms with Gasteiger partial charge in [0.25, 0.3) is 0 Å². The molecule has 1 aliphatic rings. The van der Waals surface area contributed by atoms with E-state index in [1.807, 2.05) is 13.8 Å². The minimum Gasteiger partial charge on any atom is -0.478 e. The lowest BCUT2D eigenvalue weighted by Crippen LogP contribution is -2.56. The summed E-state index contributed by atoms with van der Waals surface area (Å²) in [5.74, 6) is 0.0735. The standard InChI is InChI=1S/C16H26N2O4S2/c1-11-5-12(2)8-18(7-11)16(3,4)10-17-24(21,22)14-6-13(9-23-14)15(19)20/h6,9,11-12,17H,5,7-8,10H2,1-4H3,(H,19,20). The average Bonchev–Trinajstić information content (AvgIpc) is 2.95. The van der Waals surface area contributed by atoms with Crippen molar-refractivity contribution >= 4 is 27.3 Å². The predicted octanol–water partition coefficient (Wildman–Crippen LogP) is 2.48. The first-order valence-corrected chi connectivity index (χ1v) is 10.4. The predicted molar refractivity (Wildman–Crippen MR) is 95.1 cm³/mol. The largest absolute Gasteiger partial charge is 0.478 e. The smallest absolute Gasteiger partial charge is 0.336 e. The van der Waals surface area contributed by atoms with Crippen LogP contribution in [0.5, 0.6) is 0 Å². The number of piperidine rings is 1. The van der Waals surface area contributed by atoms with Crippen molar-refractivity contribution in [2.75, 3.05) is 19.6 Å². The van der Waals surface area contributed by atoms with E-state index in [1.54, 1.807) is 0 Å². The Bertz CT molecular complexity index is 687. The van der Waals surface area contributed by atoms with Crippen LogP contribution in [0.15, 0.2) is 15.7 Å². The number of hydrogen-bond donors (Lipinski definition) is 2. The van der Waals surface area contributed by atoms with E-state index >= 15 is 0 Å². The quantitative estimate of drug-likeness (QED) is 0.799. The second-order valence-corrected chi connectivity index (χ2v) is 10.4. The molecule has 0 spiro atoms. The van der Waals surface area contributed by atoms with Gasteiger partial charge in [0, 0.05) is 30.6 Å². The van der Waals surface area contributed by atoms with Crippen LogP contribution in [-0.2, 0) is 10.0 Å². The monoisotopic (exact) mass is 374 g/mol. The normalized spacial score (nSPS) is 23.3. The van der Waals surface area contributed by atoms with E-state index in [-0.39, 0.29) is 21.9 Å². The van der Waals surface area contributed by atoms with Gasteiger partial charge >= 0.3 is 5.97 Å². The number of nitrogens with zero attached hydrogens (tertiary/aromatic N) is 1. The highest BCUT2D eigenvalue weighted by Crippen LogP contribution is 2.27. The first-order chi connectivity index (χ1) is 11.0. The van der Waals surface area contributed by atoms with E-state index in [1.165, 1.54) is 17.9 Å². The topological polar surface area (TPSA) is 86.7 Å². The number of likely N-dealkylation sites (tertiary alicyclic amines) is 1. The number of carbonyl (C=O) groups is 1. The number of carboxylic acids is 1. The van der Waals surface area contributed by atoms with Crippen LogP contribution in [0.25, 0.3) is 0 Å². The molecule has 0 bridgehead atoms. The van der Waals surface area contributed by atoms with Crippen molar-refractivity contribution in [3.8, 4) is 0 Å². The number of sulfonamides is 1. The highest BCUT2D eigenvalue weighted by Gasteiger charge is 2.34. The van der Waals surface area contributed by atoms with Crippen molar-refractivity contribution in [1.29, 1.82) is 0 Å². The van der Waals surface area contributed by atoms with Crippen LogP contribution < -0.4 is 4.72 Å². The van der Waals surface area contributed by atoms with E-state index in [9.17, 15) is 13.2 Å². The van der Waals surface area contributed by atoms with Gasteiger partial charge < -0.3 is 5.11 Å². The van der Waals surface area contributed by atoms with Gasteiger partial charge in [-0.25, -0.2) is 17.9 Å². The van der Waals surface area contributed by atoms with Gasteiger partial charge in [-0.2, -0.15) is 0 Å². The molecule has 1 aromatic heterocycles. The zero-order chi connectivity index (χ0) is 18.1. The molecule has 0 aromatic carbocycles. The van der Waals surface area contributed by atoms with Crippen LogP contribution in [0.3, 0.4) is 0 Å². The van der Waals surface area contributed by atoms with E-state index in [0.29, 0.717) is 11.8 Å². The summed E-state index contributed by atoms with van der Waals surface area (Å²) >= 11 is 0.927. The van der Waals surface area contributed by atoms with Crippen LogP contribution in [-0.4, -0.2) is 49.6 Å². The summed E-state index contributed by atoms with van der Waals surface area (Å²) in [6.07, 6.45) is 1.20. The van der Waals surface area contributed by atoms with Crippen LogP contribution in [0.1, 0.15) is 44.5 Å². The number of aromatic carboxylic acids is 1. The van der Waals surface area contributed by atoms with Crippen LogP contribution in [0.2, 0.25) is 0 Å². The van der Waals surface area contributed by atoms with Gasteiger partial charge in [0.2, 0.25) is 10.0 Å². The van der Waals surface area contributed by atoms with Gasteiger partial charge in [-0.1, -0.05) is 13.8 Å². The van der Waals surface area contributed by atoms with Crippen LogP contribution in [0.4, 0.5) is 0 Å². The number of thiophene rings is 1. The molecule has 2 rings (SSSR count). The molecule has 2 heterocycles. The Morgan fingerprint density at radius 2 is 1.96 bits per heavy atom. The van der Waals surface area contributed by atoms with Crippen molar-refractivity contribution in [3.05, 3.63) is 17.0 Å².